The van der Waals surface area contributed by atoms with Crippen LogP contribution in [-0.2, 0) is 34.6 Å². The number of benzene rings is 3. The van der Waals surface area contributed by atoms with Gasteiger partial charge in [-0.2, -0.15) is 0 Å². The number of hydrogen-bond donors (Lipinski definition) is 1. The minimum atomic E-state index is -1.24. The molecule has 0 unspecified atom stereocenters. The van der Waals surface area contributed by atoms with Crippen LogP contribution in [0.5, 0.6) is 11.5 Å². The number of hydrogen-bond acceptors (Lipinski definition) is 6. The molecule has 0 spiro atoms. The molecule has 1 aliphatic heterocycles. The number of fused-ring (bicyclic) bond motifs is 1. The van der Waals surface area contributed by atoms with Crippen LogP contribution in [0.4, 0.5) is 4.79 Å². The predicted molar refractivity (Wildman–Crippen MR) is 140 cm³/mol. The molecule has 7 nitrogen and oxygen atoms in total. The van der Waals surface area contributed by atoms with Gasteiger partial charge in [0.05, 0.1) is 7.11 Å². The third-order valence-electron chi connectivity index (χ3n) is 8.01. The van der Waals surface area contributed by atoms with Crippen molar-refractivity contribution < 1.29 is 28.9 Å². The number of carbonyl (C=O) groups is 2. The Balaban J connectivity index is 1.39. The first-order valence-corrected chi connectivity index (χ1v) is 12.8. The highest BCUT2D eigenvalue weighted by Crippen LogP contribution is 2.57. The lowest BCUT2D eigenvalue weighted by molar-refractivity contribution is -0.127. The Hall–Kier alpha value is -4.10. The molecule has 3 aliphatic rings. The van der Waals surface area contributed by atoms with Crippen molar-refractivity contribution in [3.8, 4) is 11.5 Å². The highest BCUT2D eigenvalue weighted by atomic mass is 16.6. The lowest BCUT2D eigenvalue weighted by Crippen LogP contribution is -2.52. The fourth-order valence-corrected chi connectivity index (χ4v) is 6.32. The Bertz CT molecular complexity index is 1390. The molecule has 0 radical (unpaired) electrons. The number of ether oxygens (including phenoxy) is 3. The molecule has 6 rings (SSSR count). The van der Waals surface area contributed by atoms with E-state index in [1.165, 1.54) is 6.08 Å². The van der Waals surface area contributed by atoms with Crippen LogP contribution in [0.3, 0.4) is 0 Å². The number of amides is 1. The number of methoxy groups -OCH3 is 1. The van der Waals surface area contributed by atoms with E-state index in [0.29, 0.717) is 24.5 Å². The molecule has 1 saturated heterocycles. The molecule has 3 aromatic rings. The lowest BCUT2D eigenvalue weighted by atomic mass is 9.59. The van der Waals surface area contributed by atoms with E-state index in [1.807, 2.05) is 78.9 Å². The number of carbonyl (C=O) groups excluding carboxylic acids is 2. The van der Waals surface area contributed by atoms with Crippen molar-refractivity contribution >= 4 is 11.9 Å². The van der Waals surface area contributed by atoms with Crippen molar-refractivity contribution in [3.05, 3.63) is 107 Å². The summed E-state index contributed by atoms with van der Waals surface area (Å²) in [7, 11) is 1.59. The normalized spacial score (nSPS) is 24.9. The van der Waals surface area contributed by atoms with E-state index >= 15 is 0 Å². The number of likely N-dealkylation sites (tertiary alicyclic amines) is 1. The third kappa shape index (κ3) is 3.94. The van der Waals surface area contributed by atoms with Gasteiger partial charge in [0.25, 0.3) is 0 Å². The molecule has 1 fully saturated rings. The van der Waals surface area contributed by atoms with Gasteiger partial charge < -0.3 is 24.2 Å². The maximum absolute atomic E-state index is 13.4. The minimum absolute atomic E-state index is 0.143. The first-order valence-electron chi connectivity index (χ1n) is 12.8. The molecule has 1 heterocycles. The second-order valence-corrected chi connectivity index (χ2v) is 10.1. The zero-order valence-electron chi connectivity index (χ0n) is 21.1. The van der Waals surface area contributed by atoms with Crippen LogP contribution in [0.2, 0.25) is 0 Å². The second-order valence-electron chi connectivity index (χ2n) is 10.1. The lowest BCUT2D eigenvalue weighted by Gasteiger charge is -2.44. The molecule has 194 valence electrons. The molecule has 2 bridgehead atoms. The quantitative estimate of drug-likeness (QED) is 0.534. The van der Waals surface area contributed by atoms with Crippen LogP contribution < -0.4 is 9.47 Å². The summed E-state index contributed by atoms with van der Waals surface area (Å²) in [5.41, 5.74) is 2.92. The van der Waals surface area contributed by atoms with E-state index in [0.717, 1.165) is 22.3 Å². The second kappa shape index (κ2) is 9.65. The average Bonchev–Trinajstić information content (AvgIpc) is 3.21. The maximum atomic E-state index is 13.4. The highest BCUT2D eigenvalue weighted by Gasteiger charge is 2.63. The zero-order chi connectivity index (χ0) is 26.3. The van der Waals surface area contributed by atoms with Crippen LogP contribution in [0.25, 0.3) is 0 Å². The molecule has 2 aliphatic carbocycles. The molecule has 0 saturated carbocycles. The Morgan fingerprint density at radius 1 is 1.00 bits per heavy atom. The van der Waals surface area contributed by atoms with Gasteiger partial charge in [0.2, 0.25) is 0 Å². The molecule has 38 heavy (non-hydrogen) atoms. The van der Waals surface area contributed by atoms with Crippen LogP contribution in [0.1, 0.15) is 22.3 Å². The summed E-state index contributed by atoms with van der Waals surface area (Å²) < 4.78 is 17.8. The van der Waals surface area contributed by atoms with Gasteiger partial charge in [-0.25, -0.2) is 4.79 Å². The van der Waals surface area contributed by atoms with Gasteiger partial charge in [0.15, 0.2) is 17.3 Å². The van der Waals surface area contributed by atoms with E-state index in [9.17, 15) is 14.7 Å². The Morgan fingerprint density at radius 2 is 1.68 bits per heavy atom. The summed E-state index contributed by atoms with van der Waals surface area (Å²) in [4.78, 5) is 27.7. The van der Waals surface area contributed by atoms with Gasteiger partial charge >= 0.3 is 6.09 Å². The third-order valence-corrected chi connectivity index (χ3v) is 8.01. The van der Waals surface area contributed by atoms with Crippen molar-refractivity contribution in [3.63, 3.8) is 0 Å². The summed E-state index contributed by atoms with van der Waals surface area (Å²) in [5.74, 6) is 0.260. The summed E-state index contributed by atoms with van der Waals surface area (Å²) >= 11 is 0. The van der Waals surface area contributed by atoms with Crippen LogP contribution in [-0.4, -0.2) is 47.7 Å². The van der Waals surface area contributed by atoms with Gasteiger partial charge in [-0.3, -0.25) is 4.79 Å². The Kier molecular flexibility index (Phi) is 6.16. The minimum Gasteiger partial charge on any atom is -0.493 e. The van der Waals surface area contributed by atoms with Gasteiger partial charge in [-0.15, -0.1) is 0 Å². The Morgan fingerprint density at radius 3 is 2.37 bits per heavy atom. The van der Waals surface area contributed by atoms with Gasteiger partial charge in [0.1, 0.15) is 19.3 Å². The number of aliphatic hydroxyl groups excluding tert-OH is 1. The largest absolute Gasteiger partial charge is 0.493 e. The summed E-state index contributed by atoms with van der Waals surface area (Å²) in [6, 6.07) is 22.8. The van der Waals surface area contributed by atoms with E-state index < -0.39 is 29.6 Å². The molecular formula is C31H29NO6. The van der Waals surface area contributed by atoms with Crippen molar-refractivity contribution in [2.24, 2.45) is 5.92 Å². The first-order chi connectivity index (χ1) is 18.5. The summed E-state index contributed by atoms with van der Waals surface area (Å²) in [6.45, 7) is 0.731. The number of rotatable bonds is 6. The summed E-state index contributed by atoms with van der Waals surface area (Å²) in [6.07, 6.45) is 2.04. The highest BCUT2D eigenvalue weighted by molar-refractivity contribution is 5.96. The van der Waals surface area contributed by atoms with Gasteiger partial charge in [-0.05, 0) is 35.3 Å². The molecule has 1 N–H and O–H groups in total. The van der Waals surface area contributed by atoms with Crippen LogP contribution in [0, 0.1) is 5.92 Å². The van der Waals surface area contributed by atoms with E-state index in [-0.39, 0.29) is 18.9 Å². The summed E-state index contributed by atoms with van der Waals surface area (Å²) in [5, 5.41) is 11.2. The molecule has 4 atom stereocenters. The molecule has 7 heteroatoms. The zero-order valence-corrected chi connectivity index (χ0v) is 21.1. The van der Waals surface area contributed by atoms with E-state index in [2.05, 4.69) is 0 Å². The fourth-order valence-electron chi connectivity index (χ4n) is 6.32. The van der Waals surface area contributed by atoms with E-state index in [1.54, 1.807) is 12.0 Å². The maximum Gasteiger partial charge on any atom is 0.410 e. The first kappa shape index (κ1) is 24.2. The molecule has 3 aromatic carbocycles. The smallest absolute Gasteiger partial charge is 0.410 e. The molecule has 1 amide bonds. The van der Waals surface area contributed by atoms with Crippen LogP contribution in [0.15, 0.2) is 84.9 Å². The van der Waals surface area contributed by atoms with Crippen molar-refractivity contribution in [1.29, 1.82) is 0 Å². The average molecular weight is 512 g/mol. The standard InChI is InChI=1S/C31H29NO6/c1-36-25-13-12-22-16-23-27-28(34)24(33)14-15-31(27,26(22)29(25)37-17-20-8-4-2-5-9-20)19-32(23)30(35)38-18-21-10-6-3-7-11-21/h2-15,23,27-28,34H,16-19H2,1H3/t23-,27-,28+,31+/m0/s1. The number of aliphatic hydroxyl groups is 1. The number of ketones is 1. The molecule has 0 aromatic heterocycles. The van der Waals surface area contributed by atoms with E-state index in [4.69, 9.17) is 14.2 Å². The fraction of sp³-hybridized carbons (Fsp3) is 0.290. The molecular weight excluding hydrogens is 482 g/mol. The number of nitrogens with zero attached hydrogens (tertiary/aromatic N) is 1. The van der Waals surface area contributed by atoms with Crippen molar-refractivity contribution in [2.45, 2.75) is 37.2 Å². The topological polar surface area (TPSA) is 85.3 Å². The van der Waals surface area contributed by atoms with Gasteiger partial charge in [0, 0.05) is 29.5 Å². The Labute approximate surface area is 221 Å². The van der Waals surface area contributed by atoms with Gasteiger partial charge in [-0.1, -0.05) is 72.8 Å². The monoisotopic (exact) mass is 511 g/mol. The van der Waals surface area contributed by atoms with Crippen molar-refractivity contribution in [2.75, 3.05) is 13.7 Å². The predicted octanol–water partition coefficient (Wildman–Crippen LogP) is 4.21. The van der Waals surface area contributed by atoms with Crippen LogP contribution >= 0.6 is 0 Å². The SMILES string of the molecule is COc1ccc2c(c1OCc1ccccc1)[C@]13C=CC(=O)[C@@H](O)[C@@H]1[C@H](C2)N(C(=O)OCc1ccccc1)C3. The van der Waals surface area contributed by atoms with Crippen molar-refractivity contribution in [1.82, 2.24) is 4.90 Å².